The maximum Gasteiger partial charge on any atom is 0.251 e. The van der Waals surface area contributed by atoms with Crippen LogP contribution in [-0.4, -0.2) is 20.7 Å². The minimum atomic E-state index is -0.101. The summed E-state index contributed by atoms with van der Waals surface area (Å²) in [6.07, 6.45) is 1.47. The van der Waals surface area contributed by atoms with Gasteiger partial charge in [-0.1, -0.05) is 15.9 Å². The summed E-state index contributed by atoms with van der Waals surface area (Å²) in [5.41, 5.74) is 2.66. The number of rotatable bonds is 3. The first-order chi connectivity index (χ1) is 8.99. The lowest BCUT2D eigenvalue weighted by Gasteiger charge is -2.09. The van der Waals surface area contributed by atoms with Gasteiger partial charge in [-0.25, -0.2) is 4.98 Å². The number of benzene rings is 1. The Morgan fingerprint density at radius 3 is 2.74 bits per heavy atom. The van der Waals surface area contributed by atoms with Crippen LogP contribution < -0.4 is 5.32 Å². The standard InChI is InChI=1S/C13H15BrN4O/c1-8-5-11(14)9(2)4-10(8)13(19)15-6-12-16-7-17-18(12)3/h4-5,7H,6H2,1-3H3,(H,15,19). The summed E-state index contributed by atoms with van der Waals surface area (Å²) in [4.78, 5) is 16.2. The van der Waals surface area contributed by atoms with Crippen LogP contribution in [0.3, 0.4) is 0 Å². The molecule has 1 aromatic heterocycles. The van der Waals surface area contributed by atoms with Gasteiger partial charge in [-0.05, 0) is 37.1 Å². The minimum absolute atomic E-state index is 0.101. The zero-order valence-electron chi connectivity index (χ0n) is 11.1. The summed E-state index contributed by atoms with van der Waals surface area (Å²) < 4.78 is 2.65. The van der Waals surface area contributed by atoms with E-state index < -0.39 is 0 Å². The van der Waals surface area contributed by atoms with Gasteiger partial charge in [-0.3, -0.25) is 9.48 Å². The number of hydrogen-bond acceptors (Lipinski definition) is 3. The van der Waals surface area contributed by atoms with Crippen LogP contribution >= 0.6 is 15.9 Å². The van der Waals surface area contributed by atoms with Crippen LogP contribution in [0.5, 0.6) is 0 Å². The molecule has 0 bridgehead atoms. The summed E-state index contributed by atoms with van der Waals surface area (Å²) in [7, 11) is 1.80. The van der Waals surface area contributed by atoms with E-state index in [0.717, 1.165) is 21.4 Å². The van der Waals surface area contributed by atoms with Crippen LogP contribution in [0.15, 0.2) is 22.9 Å². The lowest BCUT2D eigenvalue weighted by atomic mass is 10.1. The molecule has 19 heavy (non-hydrogen) atoms. The van der Waals surface area contributed by atoms with Crippen molar-refractivity contribution in [2.45, 2.75) is 20.4 Å². The van der Waals surface area contributed by atoms with E-state index in [4.69, 9.17) is 0 Å². The Kier molecular flexibility index (Phi) is 3.99. The third-order valence-electron chi connectivity index (χ3n) is 2.96. The monoisotopic (exact) mass is 322 g/mol. The first kappa shape index (κ1) is 13.7. The molecule has 0 atom stereocenters. The third kappa shape index (κ3) is 3.01. The molecule has 5 nitrogen and oxygen atoms in total. The van der Waals surface area contributed by atoms with Crippen LogP contribution in [0, 0.1) is 13.8 Å². The van der Waals surface area contributed by atoms with Crippen LogP contribution in [0.2, 0.25) is 0 Å². The first-order valence-corrected chi connectivity index (χ1v) is 6.66. The number of nitrogens with zero attached hydrogens (tertiary/aromatic N) is 3. The van der Waals surface area contributed by atoms with Gasteiger partial charge in [0.05, 0.1) is 6.54 Å². The topological polar surface area (TPSA) is 59.8 Å². The molecule has 0 fully saturated rings. The van der Waals surface area contributed by atoms with Crippen molar-refractivity contribution >= 4 is 21.8 Å². The molecular formula is C13H15BrN4O. The second-order valence-electron chi connectivity index (χ2n) is 4.40. The van der Waals surface area contributed by atoms with Gasteiger partial charge in [0.1, 0.15) is 12.2 Å². The Morgan fingerprint density at radius 1 is 1.37 bits per heavy atom. The molecule has 2 rings (SSSR count). The van der Waals surface area contributed by atoms with E-state index in [-0.39, 0.29) is 5.91 Å². The van der Waals surface area contributed by atoms with Crippen LogP contribution in [0.25, 0.3) is 0 Å². The molecule has 1 amide bonds. The minimum Gasteiger partial charge on any atom is -0.345 e. The number of aromatic nitrogens is 3. The van der Waals surface area contributed by atoms with Crippen molar-refractivity contribution in [3.63, 3.8) is 0 Å². The number of hydrogen-bond donors (Lipinski definition) is 1. The van der Waals surface area contributed by atoms with E-state index in [1.807, 2.05) is 26.0 Å². The number of carbonyl (C=O) groups excluding carboxylic acids is 1. The summed E-state index contributed by atoms with van der Waals surface area (Å²) in [6.45, 7) is 4.24. The number of aryl methyl sites for hydroxylation is 3. The molecule has 1 heterocycles. The molecule has 1 aromatic carbocycles. The largest absolute Gasteiger partial charge is 0.345 e. The zero-order valence-corrected chi connectivity index (χ0v) is 12.7. The predicted molar refractivity (Wildman–Crippen MR) is 75.8 cm³/mol. The molecule has 0 saturated carbocycles. The smallest absolute Gasteiger partial charge is 0.251 e. The molecular weight excluding hydrogens is 308 g/mol. The van der Waals surface area contributed by atoms with Gasteiger partial charge < -0.3 is 5.32 Å². The normalized spacial score (nSPS) is 10.5. The van der Waals surface area contributed by atoms with Crippen LogP contribution in [0.4, 0.5) is 0 Å². The molecule has 0 aliphatic heterocycles. The number of carbonyl (C=O) groups is 1. The molecule has 0 radical (unpaired) electrons. The maximum atomic E-state index is 12.2. The lowest BCUT2D eigenvalue weighted by Crippen LogP contribution is -2.25. The molecule has 0 unspecified atom stereocenters. The van der Waals surface area contributed by atoms with Gasteiger partial charge in [0.25, 0.3) is 5.91 Å². The Labute approximate surface area is 120 Å². The Morgan fingerprint density at radius 2 is 2.11 bits per heavy atom. The highest BCUT2D eigenvalue weighted by molar-refractivity contribution is 9.10. The SMILES string of the molecule is Cc1cc(C(=O)NCc2ncnn2C)c(C)cc1Br. The maximum absolute atomic E-state index is 12.2. The summed E-state index contributed by atoms with van der Waals surface area (Å²) in [5.74, 6) is 0.621. The fourth-order valence-corrected chi connectivity index (χ4v) is 2.22. The van der Waals surface area contributed by atoms with E-state index >= 15 is 0 Å². The predicted octanol–water partition coefficient (Wildman–Crippen LogP) is 2.12. The molecule has 2 aromatic rings. The Hall–Kier alpha value is -1.69. The number of halogens is 1. The van der Waals surface area contributed by atoms with E-state index in [1.165, 1.54) is 6.33 Å². The summed E-state index contributed by atoms with van der Waals surface area (Å²) in [5, 5.41) is 6.81. The third-order valence-corrected chi connectivity index (χ3v) is 3.82. The van der Waals surface area contributed by atoms with Gasteiger partial charge >= 0.3 is 0 Å². The van der Waals surface area contributed by atoms with Gasteiger partial charge in [0.2, 0.25) is 0 Å². The first-order valence-electron chi connectivity index (χ1n) is 5.87. The second kappa shape index (κ2) is 5.52. The average molecular weight is 323 g/mol. The number of nitrogens with one attached hydrogen (secondary N) is 1. The quantitative estimate of drug-likeness (QED) is 0.941. The van der Waals surface area contributed by atoms with Crippen LogP contribution in [-0.2, 0) is 13.6 Å². The van der Waals surface area contributed by atoms with Gasteiger partial charge in [-0.15, -0.1) is 0 Å². The highest BCUT2D eigenvalue weighted by atomic mass is 79.9. The van der Waals surface area contributed by atoms with Crippen LogP contribution in [0.1, 0.15) is 27.3 Å². The molecule has 6 heteroatoms. The van der Waals surface area contributed by atoms with Crippen molar-refractivity contribution in [3.8, 4) is 0 Å². The van der Waals surface area contributed by atoms with Crippen molar-refractivity contribution in [2.24, 2.45) is 7.05 Å². The highest BCUT2D eigenvalue weighted by Crippen LogP contribution is 2.21. The molecule has 0 spiro atoms. The zero-order chi connectivity index (χ0) is 14.0. The lowest BCUT2D eigenvalue weighted by molar-refractivity contribution is 0.0949. The second-order valence-corrected chi connectivity index (χ2v) is 5.25. The molecule has 0 aliphatic rings. The van der Waals surface area contributed by atoms with Crippen molar-refractivity contribution in [2.75, 3.05) is 0 Å². The van der Waals surface area contributed by atoms with Gasteiger partial charge in [0, 0.05) is 17.1 Å². The van der Waals surface area contributed by atoms with E-state index in [0.29, 0.717) is 12.1 Å². The van der Waals surface area contributed by atoms with Crippen molar-refractivity contribution < 1.29 is 4.79 Å². The van der Waals surface area contributed by atoms with E-state index in [1.54, 1.807) is 11.7 Å². The fraction of sp³-hybridized carbons (Fsp3) is 0.308. The molecule has 0 saturated heterocycles. The van der Waals surface area contributed by atoms with Gasteiger partial charge in [-0.2, -0.15) is 5.10 Å². The van der Waals surface area contributed by atoms with E-state index in [2.05, 4.69) is 31.3 Å². The molecule has 0 aliphatic carbocycles. The number of amides is 1. The Balaban J connectivity index is 2.12. The highest BCUT2D eigenvalue weighted by Gasteiger charge is 2.11. The Bertz CT molecular complexity index is 621. The fourth-order valence-electron chi connectivity index (χ4n) is 1.76. The van der Waals surface area contributed by atoms with Crippen molar-refractivity contribution in [1.29, 1.82) is 0 Å². The summed E-state index contributed by atoms with van der Waals surface area (Å²) >= 11 is 3.46. The van der Waals surface area contributed by atoms with Crippen molar-refractivity contribution in [3.05, 3.63) is 45.4 Å². The molecule has 1 N–H and O–H groups in total. The summed E-state index contributed by atoms with van der Waals surface area (Å²) in [6, 6.07) is 3.83. The van der Waals surface area contributed by atoms with Gasteiger partial charge in [0.15, 0.2) is 0 Å². The van der Waals surface area contributed by atoms with Crippen molar-refractivity contribution in [1.82, 2.24) is 20.1 Å². The molecule has 100 valence electrons. The average Bonchev–Trinajstić information content (AvgIpc) is 2.76. The van der Waals surface area contributed by atoms with E-state index in [9.17, 15) is 4.79 Å².